The second-order valence-electron chi connectivity index (χ2n) is 4.93. The Kier molecular flexibility index (Phi) is 3.66. The number of carbonyl (C=O) groups is 1. The number of aryl methyl sites for hydroxylation is 2. The van der Waals surface area contributed by atoms with Gasteiger partial charge in [0.15, 0.2) is 0 Å². The fourth-order valence-electron chi connectivity index (χ4n) is 2.32. The van der Waals surface area contributed by atoms with Gasteiger partial charge in [-0.2, -0.15) is 0 Å². The number of anilines is 3. The lowest BCUT2D eigenvalue weighted by Gasteiger charge is -2.24. The summed E-state index contributed by atoms with van der Waals surface area (Å²) in [6.45, 7) is 4.03. The Morgan fingerprint density at radius 1 is 1.10 bits per heavy atom. The first-order chi connectivity index (χ1) is 9.40. The number of carboxylic acids is 1. The molecular weight excluding hydrogens is 252 g/mol. The topological polar surface area (TPSA) is 66.6 Å². The SMILES string of the molecule is Cc1ccc(N(C)c2cc(N)ccc2C(=O)O)c(C)c1. The maximum atomic E-state index is 11.3. The molecule has 0 bridgehead atoms. The molecule has 0 aliphatic rings. The molecule has 0 aromatic heterocycles. The van der Waals surface area contributed by atoms with Crippen LogP contribution in [0.25, 0.3) is 0 Å². The first-order valence-electron chi connectivity index (χ1n) is 6.34. The Bertz CT molecular complexity index is 666. The maximum Gasteiger partial charge on any atom is 0.337 e. The number of aromatic carboxylic acids is 1. The molecule has 0 atom stereocenters. The lowest BCUT2D eigenvalue weighted by Crippen LogP contribution is -2.15. The van der Waals surface area contributed by atoms with Gasteiger partial charge in [0, 0.05) is 18.4 Å². The summed E-state index contributed by atoms with van der Waals surface area (Å²) < 4.78 is 0. The Balaban J connectivity index is 2.55. The van der Waals surface area contributed by atoms with Crippen molar-refractivity contribution in [3.8, 4) is 0 Å². The van der Waals surface area contributed by atoms with Crippen molar-refractivity contribution in [3.05, 3.63) is 53.1 Å². The van der Waals surface area contributed by atoms with E-state index in [2.05, 4.69) is 6.07 Å². The molecule has 0 saturated carbocycles. The lowest BCUT2D eigenvalue weighted by molar-refractivity contribution is 0.0697. The van der Waals surface area contributed by atoms with Gasteiger partial charge in [-0.1, -0.05) is 17.7 Å². The second-order valence-corrected chi connectivity index (χ2v) is 4.93. The zero-order chi connectivity index (χ0) is 14.9. The van der Waals surface area contributed by atoms with Crippen LogP contribution in [-0.4, -0.2) is 18.1 Å². The molecule has 0 radical (unpaired) electrons. The molecule has 2 aromatic carbocycles. The van der Waals surface area contributed by atoms with Crippen molar-refractivity contribution in [1.82, 2.24) is 0 Å². The number of nitrogens with two attached hydrogens (primary N) is 1. The fraction of sp³-hybridized carbons (Fsp3) is 0.188. The Morgan fingerprint density at radius 3 is 2.40 bits per heavy atom. The quantitative estimate of drug-likeness (QED) is 0.839. The predicted octanol–water partition coefficient (Wildman–Crippen LogP) is 3.35. The molecule has 0 unspecified atom stereocenters. The van der Waals surface area contributed by atoms with E-state index in [4.69, 9.17) is 5.73 Å². The van der Waals surface area contributed by atoms with Crippen LogP contribution in [0, 0.1) is 13.8 Å². The first-order valence-corrected chi connectivity index (χ1v) is 6.34. The summed E-state index contributed by atoms with van der Waals surface area (Å²) in [5, 5.41) is 9.30. The van der Waals surface area contributed by atoms with Crippen LogP contribution in [0.15, 0.2) is 36.4 Å². The summed E-state index contributed by atoms with van der Waals surface area (Å²) in [6, 6.07) is 10.9. The van der Waals surface area contributed by atoms with Crippen LogP contribution in [0.5, 0.6) is 0 Å². The van der Waals surface area contributed by atoms with Crippen molar-refractivity contribution >= 4 is 23.0 Å². The van der Waals surface area contributed by atoms with Gasteiger partial charge in [0.25, 0.3) is 0 Å². The van der Waals surface area contributed by atoms with Gasteiger partial charge < -0.3 is 15.7 Å². The molecule has 0 amide bonds. The van der Waals surface area contributed by atoms with Gasteiger partial charge in [-0.15, -0.1) is 0 Å². The van der Waals surface area contributed by atoms with Crippen molar-refractivity contribution in [2.75, 3.05) is 17.7 Å². The van der Waals surface area contributed by atoms with E-state index in [1.165, 1.54) is 11.6 Å². The molecule has 0 fully saturated rings. The molecule has 4 heteroatoms. The van der Waals surface area contributed by atoms with E-state index >= 15 is 0 Å². The third-order valence-corrected chi connectivity index (χ3v) is 3.33. The minimum absolute atomic E-state index is 0.238. The highest BCUT2D eigenvalue weighted by Gasteiger charge is 2.16. The predicted molar refractivity (Wildman–Crippen MR) is 81.8 cm³/mol. The van der Waals surface area contributed by atoms with Gasteiger partial charge in [0.2, 0.25) is 0 Å². The monoisotopic (exact) mass is 270 g/mol. The molecule has 2 aromatic rings. The minimum Gasteiger partial charge on any atom is -0.478 e. The van der Waals surface area contributed by atoms with Crippen molar-refractivity contribution in [2.24, 2.45) is 0 Å². The average Bonchev–Trinajstić information content (AvgIpc) is 2.37. The number of carboxylic acid groups (broad SMARTS) is 1. The molecule has 20 heavy (non-hydrogen) atoms. The van der Waals surface area contributed by atoms with Crippen LogP contribution >= 0.6 is 0 Å². The van der Waals surface area contributed by atoms with Crippen LogP contribution in [0.4, 0.5) is 17.1 Å². The van der Waals surface area contributed by atoms with Crippen molar-refractivity contribution in [3.63, 3.8) is 0 Å². The maximum absolute atomic E-state index is 11.3. The lowest BCUT2D eigenvalue weighted by atomic mass is 10.1. The molecule has 0 aliphatic heterocycles. The number of hydrogen-bond acceptors (Lipinski definition) is 3. The molecule has 104 valence electrons. The Hall–Kier alpha value is -2.49. The summed E-state index contributed by atoms with van der Waals surface area (Å²) in [7, 11) is 1.85. The highest BCUT2D eigenvalue weighted by molar-refractivity contribution is 5.96. The smallest absolute Gasteiger partial charge is 0.337 e. The van der Waals surface area contributed by atoms with E-state index in [9.17, 15) is 9.90 Å². The summed E-state index contributed by atoms with van der Waals surface area (Å²) in [5.41, 5.74) is 10.4. The molecule has 3 N–H and O–H groups in total. The summed E-state index contributed by atoms with van der Waals surface area (Å²) in [5.74, 6) is -0.961. The molecule has 2 rings (SSSR count). The third-order valence-electron chi connectivity index (χ3n) is 3.33. The van der Waals surface area contributed by atoms with Crippen LogP contribution in [-0.2, 0) is 0 Å². The number of hydrogen-bond donors (Lipinski definition) is 2. The van der Waals surface area contributed by atoms with Gasteiger partial charge >= 0.3 is 5.97 Å². The first kappa shape index (κ1) is 13.9. The second kappa shape index (κ2) is 5.25. The van der Waals surface area contributed by atoms with Gasteiger partial charge in [-0.25, -0.2) is 4.79 Å². The van der Waals surface area contributed by atoms with E-state index in [1.54, 1.807) is 12.1 Å². The molecule has 0 spiro atoms. The van der Waals surface area contributed by atoms with Gasteiger partial charge in [-0.05, 0) is 43.7 Å². The molecule has 4 nitrogen and oxygen atoms in total. The van der Waals surface area contributed by atoms with Crippen molar-refractivity contribution in [1.29, 1.82) is 0 Å². The standard InChI is InChI=1S/C16H18N2O2/c1-10-4-7-14(11(2)8-10)18(3)15-9-12(17)5-6-13(15)16(19)20/h4-9H,17H2,1-3H3,(H,19,20). The highest BCUT2D eigenvalue weighted by Crippen LogP contribution is 2.31. The summed E-state index contributed by atoms with van der Waals surface area (Å²) in [6.07, 6.45) is 0. The van der Waals surface area contributed by atoms with Crippen molar-refractivity contribution in [2.45, 2.75) is 13.8 Å². The number of benzene rings is 2. The van der Waals surface area contributed by atoms with E-state index in [-0.39, 0.29) is 5.56 Å². The number of rotatable bonds is 3. The highest BCUT2D eigenvalue weighted by atomic mass is 16.4. The number of nitrogen functional groups attached to an aromatic ring is 1. The van der Waals surface area contributed by atoms with Crippen LogP contribution in [0.3, 0.4) is 0 Å². The van der Waals surface area contributed by atoms with E-state index in [0.29, 0.717) is 11.4 Å². The third kappa shape index (κ3) is 2.59. The Morgan fingerprint density at radius 2 is 1.80 bits per heavy atom. The molecular formula is C16H18N2O2. The van der Waals surface area contributed by atoms with Gasteiger partial charge in [0.1, 0.15) is 0 Å². The largest absolute Gasteiger partial charge is 0.478 e. The summed E-state index contributed by atoms with van der Waals surface area (Å²) in [4.78, 5) is 13.2. The van der Waals surface area contributed by atoms with E-state index < -0.39 is 5.97 Å². The van der Waals surface area contributed by atoms with Crippen molar-refractivity contribution < 1.29 is 9.90 Å². The zero-order valence-corrected chi connectivity index (χ0v) is 11.8. The molecule has 0 aliphatic carbocycles. The Labute approximate surface area is 118 Å². The van der Waals surface area contributed by atoms with Crippen LogP contribution in [0.2, 0.25) is 0 Å². The molecule has 0 saturated heterocycles. The average molecular weight is 270 g/mol. The number of nitrogens with zero attached hydrogens (tertiary/aromatic N) is 1. The van der Waals surface area contributed by atoms with Gasteiger partial charge in [-0.3, -0.25) is 0 Å². The van der Waals surface area contributed by atoms with Crippen LogP contribution in [0.1, 0.15) is 21.5 Å². The summed E-state index contributed by atoms with van der Waals surface area (Å²) >= 11 is 0. The van der Waals surface area contributed by atoms with Gasteiger partial charge in [0.05, 0.1) is 11.3 Å². The minimum atomic E-state index is -0.961. The van der Waals surface area contributed by atoms with E-state index in [1.807, 2.05) is 37.9 Å². The molecule has 0 heterocycles. The van der Waals surface area contributed by atoms with Crippen LogP contribution < -0.4 is 10.6 Å². The normalized spacial score (nSPS) is 10.3. The zero-order valence-electron chi connectivity index (χ0n) is 11.8. The fourth-order valence-corrected chi connectivity index (χ4v) is 2.32. The van der Waals surface area contributed by atoms with E-state index in [0.717, 1.165) is 11.3 Å².